The average Bonchev–Trinajstić information content (AvgIpc) is 2.33. The molecule has 0 aromatic heterocycles. The van der Waals surface area contributed by atoms with Gasteiger partial charge in [-0.05, 0) is 6.42 Å². The molecule has 0 heterocycles. The van der Waals surface area contributed by atoms with E-state index in [1.807, 2.05) is 6.92 Å². The van der Waals surface area contributed by atoms with Crippen LogP contribution in [0.5, 0.6) is 0 Å². The van der Waals surface area contributed by atoms with Gasteiger partial charge in [-0.15, -0.1) is 0 Å². The second-order valence-corrected chi connectivity index (χ2v) is 4.51. The van der Waals surface area contributed by atoms with Gasteiger partial charge in [0.25, 0.3) is 0 Å². The highest BCUT2D eigenvalue weighted by Gasteiger charge is 2.24. The molecule has 0 bridgehead atoms. The number of carboxylic acid groups (broad SMARTS) is 1. The van der Waals surface area contributed by atoms with E-state index in [2.05, 4.69) is 5.32 Å². The summed E-state index contributed by atoms with van der Waals surface area (Å²) in [4.78, 5) is 34.0. The maximum Gasteiger partial charge on any atom is 0.306 e. The lowest BCUT2D eigenvalue weighted by molar-refractivity contribution is -0.143. The highest BCUT2D eigenvalue weighted by Crippen LogP contribution is 2.07. The maximum absolute atomic E-state index is 11.8. The van der Waals surface area contributed by atoms with Crippen molar-refractivity contribution in [2.45, 2.75) is 39.7 Å². The molecule has 18 heavy (non-hydrogen) atoms. The van der Waals surface area contributed by atoms with Gasteiger partial charge in [0.15, 0.2) is 5.78 Å². The first-order valence-electron chi connectivity index (χ1n) is 6.09. The molecule has 0 aromatic rings. The first kappa shape index (κ1) is 16.6. The number of amides is 1. The van der Waals surface area contributed by atoms with Gasteiger partial charge in [0.1, 0.15) is 0 Å². The number of Topliss-reactive ketones (excluding diaryl/α,β-unsaturated/α-hetero) is 1. The molecule has 6 nitrogen and oxygen atoms in total. The highest BCUT2D eigenvalue weighted by molar-refractivity contribution is 5.91. The van der Waals surface area contributed by atoms with Crippen LogP contribution in [0.1, 0.15) is 33.6 Å². The fourth-order valence-electron chi connectivity index (χ4n) is 1.41. The van der Waals surface area contributed by atoms with Crippen LogP contribution < -0.4 is 11.1 Å². The second-order valence-electron chi connectivity index (χ2n) is 4.51. The van der Waals surface area contributed by atoms with Crippen LogP contribution in [0.15, 0.2) is 0 Å². The molecule has 1 amide bonds. The van der Waals surface area contributed by atoms with Gasteiger partial charge in [0, 0.05) is 18.9 Å². The van der Waals surface area contributed by atoms with E-state index in [1.54, 1.807) is 6.92 Å². The molecule has 0 aliphatic carbocycles. The third-order valence-corrected chi connectivity index (χ3v) is 2.93. The Morgan fingerprint density at radius 3 is 2.17 bits per heavy atom. The highest BCUT2D eigenvalue weighted by atomic mass is 16.4. The number of hydrogen-bond donors (Lipinski definition) is 3. The van der Waals surface area contributed by atoms with Crippen molar-refractivity contribution in [3.05, 3.63) is 0 Å². The van der Waals surface area contributed by atoms with Gasteiger partial charge in [-0.3, -0.25) is 14.4 Å². The van der Waals surface area contributed by atoms with Crippen LogP contribution in [0.2, 0.25) is 0 Å². The Morgan fingerprint density at radius 1 is 1.22 bits per heavy atom. The van der Waals surface area contributed by atoms with E-state index in [4.69, 9.17) is 10.8 Å². The predicted molar refractivity (Wildman–Crippen MR) is 66.9 cm³/mol. The molecule has 104 valence electrons. The first-order chi connectivity index (χ1) is 8.33. The fourth-order valence-corrected chi connectivity index (χ4v) is 1.41. The van der Waals surface area contributed by atoms with Crippen molar-refractivity contribution in [3.8, 4) is 0 Å². The van der Waals surface area contributed by atoms with Crippen LogP contribution in [0.3, 0.4) is 0 Å². The van der Waals surface area contributed by atoms with E-state index in [0.717, 1.165) is 0 Å². The number of carbonyl (C=O) groups excluding carboxylic acids is 2. The summed E-state index contributed by atoms with van der Waals surface area (Å²) >= 11 is 0. The Morgan fingerprint density at radius 2 is 1.78 bits per heavy atom. The topological polar surface area (TPSA) is 109 Å². The van der Waals surface area contributed by atoms with Crippen molar-refractivity contribution in [1.82, 2.24) is 5.32 Å². The molecule has 0 radical (unpaired) electrons. The van der Waals surface area contributed by atoms with Crippen molar-refractivity contribution in [1.29, 1.82) is 0 Å². The number of aliphatic carboxylic acids is 1. The normalized spacial score (nSPS) is 15.6. The molecule has 4 N–H and O–H groups in total. The quantitative estimate of drug-likeness (QED) is 0.574. The third kappa shape index (κ3) is 5.27. The summed E-state index contributed by atoms with van der Waals surface area (Å²) in [5, 5.41) is 11.2. The van der Waals surface area contributed by atoms with Crippen LogP contribution in [0.25, 0.3) is 0 Å². The Hall–Kier alpha value is -1.43. The van der Waals surface area contributed by atoms with Crippen molar-refractivity contribution < 1.29 is 19.5 Å². The van der Waals surface area contributed by atoms with Crippen LogP contribution in [0.4, 0.5) is 0 Å². The van der Waals surface area contributed by atoms with Crippen molar-refractivity contribution in [2.24, 2.45) is 17.6 Å². The number of ketones is 1. The van der Waals surface area contributed by atoms with Gasteiger partial charge in [-0.25, -0.2) is 0 Å². The van der Waals surface area contributed by atoms with Gasteiger partial charge in [0.05, 0.1) is 12.0 Å². The monoisotopic (exact) mass is 258 g/mol. The van der Waals surface area contributed by atoms with Crippen LogP contribution >= 0.6 is 0 Å². The average molecular weight is 258 g/mol. The number of nitrogens with one attached hydrogen (secondary N) is 1. The van der Waals surface area contributed by atoms with E-state index in [-0.39, 0.29) is 24.7 Å². The fraction of sp³-hybridized carbons (Fsp3) is 0.750. The summed E-state index contributed by atoms with van der Waals surface area (Å²) in [5.74, 6) is -2.56. The molecule has 0 fully saturated rings. The summed E-state index contributed by atoms with van der Waals surface area (Å²) in [6.45, 7) is 5.12. The molecule has 0 saturated carbocycles. The SMILES string of the molecule is CCC(C)C(=O)C(CN)NC(=O)CC(C)C(=O)O. The molecule has 6 heteroatoms. The van der Waals surface area contributed by atoms with Gasteiger partial charge < -0.3 is 16.2 Å². The molecule has 0 aromatic carbocycles. The lowest BCUT2D eigenvalue weighted by atomic mass is 9.97. The maximum atomic E-state index is 11.8. The Bertz CT molecular complexity index is 317. The summed E-state index contributed by atoms with van der Waals surface area (Å²) in [6.07, 6.45) is 0.524. The molecule has 3 atom stereocenters. The minimum Gasteiger partial charge on any atom is -0.481 e. The second kappa shape index (κ2) is 7.81. The standard InChI is InChI=1S/C12H22N2O4/c1-4-7(2)11(16)9(6-13)14-10(15)5-8(3)12(17)18/h7-9H,4-6,13H2,1-3H3,(H,14,15)(H,17,18). The van der Waals surface area contributed by atoms with Gasteiger partial charge in [0.2, 0.25) is 5.91 Å². The zero-order chi connectivity index (χ0) is 14.3. The van der Waals surface area contributed by atoms with Crippen molar-refractivity contribution in [3.63, 3.8) is 0 Å². The largest absolute Gasteiger partial charge is 0.481 e. The molecule has 0 rings (SSSR count). The molecular formula is C12H22N2O4. The lowest BCUT2D eigenvalue weighted by Gasteiger charge is -2.19. The lowest BCUT2D eigenvalue weighted by Crippen LogP contribution is -2.48. The van der Waals surface area contributed by atoms with Crippen LogP contribution in [0, 0.1) is 11.8 Å². The van der Waals surface area contributed by atoms with Crippen molar-refractivity contribution >= 4 is 17.7 Å². The number of carbonyl (C=O) groups is 3. The summed E-state index contributed by atoms with van der Waals surface area (Å²) in [5.41, 5.74) is 5.45. The molecule has 0 aliphatic rings. The van der Waals surface area contributed by atoms with E-state index >= 15 is 0 Å². The van der Waals surface area contributed by atoms with E-state index in [0.29, 0.717) is 6.42 Å². The zero-order valence-electron chi connectivity index (χ0n) is 11.1. The predicted octanol–water partition coefficient (Wildman–Crippen LogP) is 0.156. The molecule has 0 aliphatic heterocycles. The number of carboxylic acids is 1. The zero-order valence-corrected chi connectivity index (χ0v) is 11.1. The molecule has 3 unspecified atom stereocenters. The van der Waals surface area contributed by atoms with E-state index in [1.165, 1.54) is 6.92 Å². The van der Waals surface area contributed by atoms with E-state index in [9.17, 15) is 14.4 Å². The number of rotatable bonds is 8. The summed E-state index contributed by atoms with van der Waals surface area (Å²) in [6, 6.07) is -0.728. The minimum atomic E-state index is -1.04. The molecule has 0 spiro atoms. The Kier molecular flexibility index (Phi) is 7.19. The number of nitrogens with two attached hydrogens (primary N) is 1. The van der Waals surface area contributed by atoms with E-state index < -0.39 is 23.8 Å². The Labute approximate surface area is 107 Å². The van der Waals surface area contributed by atoms with Gasteiger partial charge in [-0.2, -0.15) is 0 Å². The van der Waals surface area contributed by atoms with Crippen LogP contribution in [-0.4, -0.2) is 35.4 Å². The van der Waals surface area contributed by atoms with Crippen LogP contribution in [-0.2, 0) is 14.4 Å². The van der Waals surface area contributed by atoms with Gasteiger partial charge >= 0.3 is 5.97 Å². The summed E-state index contributed by atoms with van der Waals surface area (Å²) in [7, 11) is 0. The first-order valence-corrected chi connectivity index (χ1v) is 6.09. The Balaban J connectivity index is 4.41. The molecule has 0 saturated heterocycles. The summed E-state index contributed by atoms with van der Waals surface area (Å²) < 4.78 is 0. The molecular weight excluding hydrogens is 236 g/mol. The third-order valence-electron chi connectivity index (χ3n) is 2.93. The van der Waals surface area contributed by atoms with Gasteiger partial charge in [-0.1, -0.05) is 20.8 Å². The minimum absolute atomic E-state index is 0.0242. The van der Waals surface area contributed by atoms with Crippen molar-refractivity contribution in [2.75, 3.05) is 6.54 Å². The smallest absolute Gasteiger partial charge is 0.306 e. The number of hydrogen-bond acceptors (Lipinski definition) is 4.